The highest BCUT2D eigenvalue weighted by atomic mass is 35.5. The molecule has 1 amide bonds. The highest BCUT2D eigenvalue weighted by molar-refractivity contribution is 6.34. The Bertz CT molecular complexity index is 739. The van der Waals surface area contributed by atoms with Gasteiger partial charge in [0.2, 0.25) is 0 Å². The first-order valence-corrected chi connectivity index (χ1v) is 6.97. The molecule has 0 spiro atoms. The summed E-state index contributed by atoms with van der Waals surface area (Å²) in [5, 5.41) is 14.2. The van der Waals surface area contributed by atoms with Crippen LogP contribution < -0.4 is 10.4 Å². The summed E-state index contributed by atoms with van der Waals surface area (Å²) in [5.41, 5.74) is 0.364. The van der Waals surface area contributed by atoms with Gasteiger partial charge in [-0.1, -0.05) is 47.5 Å². The van der Waals surface area contributed by atoms with Gasteiger partial charge in [-0.2, -0.15) is 0 Å². The lowest BCUT2D eigenvalue weighted by Gasteiger charge is -2.12. The zero-order valence-electron chi connectivity index (χ0n) is 11.2. The van der Waals surface area contributed by atoms with E-state index in [1.165, 1.54) is 18.2 Å². The largest absolute Gasteiger partial charge is 0.543 e. The van der Waals surface area contributed by atoms with Gasteiger partial charge in [0.15, 0.2) is 0 Å². The molecule has 0 atom stereocenters. The lowest BCUT2D eigenvalue weighted by molar-refractivity contribution is -0.299. The third-order valence-electron chi connectivity index (χ3n) is 2.77. The van der Waals surface area contributed by atoms with Crippen molar-refractivity contribution in [3.63, 3.8) is 0 Å². The fourth-order valence-corrected chi connectivity index (χ4v) is 2.05. The van der Waals surface area contributed by atoms with Crippen LogP contribution in [-0.4, -0.2) is 11.9 Å². The van der Waals surface area contributed by atoms with Crippen LogP contribution in [0.5, 0.6) is 0 Å². The zero-order valence-corrected chi connectivity index (χ0v) is 12.7. The number of halogens is 2. The van der Waals surface area contributed by atoms with Gasteiger partial charge in [0, 0.05) is 5.02 Å². The minimum Gasteiger partial charge on any atom is -0.543 e. The van der Waals surface area contributed by atoms with Crippen LogP contribution in [0.3, 0.4) is 0 Å². The van der Waals surface area contributed by atoms with E-state index in [1.54, 1.807) is 36.4 Å². The highest BCUT2D eigenvalue weighted by Crippen LogP contribution is 2.16. The second-order valence-electron chi connectivity index (χ2n) is 4.33. The topological polar surface area (TPSA) is 69.2 Å². The van der Waals surface area contributed by atoms with Gasteiger partial charge in [0.1, 0.15) is 0 Å². The first-order valence-electron chi connectivity index (χ1n) is 6.22. The minimum absolute atomic E-state index is 0.174. The molecule has 0 aliphatic rings. The summed E-state index contributed by atoms with van der Waals surface area (Å²) < 4.78 is 0. The molecule has 0 saturated carbocycles. The number of carbonyl (C=O) groups excluding carboxylic acids is 2. The molecule has 0 heterocycles. The zero-order chi connectivity index (χ0) is 16.1. The first-order chi connectivity index (χ1) is 10.5. The Morgan fingerprint density at radius 3 is 2.23 bits per heavy atom. The van der Waals surface area contributed by atoms with E-state index in [4.69, 9.17) is 23.2 Å². The molecule has 0 unspecified atom stereocenters. The van der Waals surface area contributed by atoms with E-state index >= 15 is 0 Å². The monoisotopic (exact) mass is 334 g/mol. The average Bonchev–Trinajstić information content (AvgIpc) is 2.49. The Hall–Kier alpha value is -2.30. The van der Waals surface area contributed by atoms with Crippen LogP contribution in [0.25, 0.3) is 6.08 Å². The summed E-state index contributed by atoms with van der Waals surface area (Å²) in [6.07, 6.45) is 1.28. The predicted octanol–water partition coefficient (Wildman–Crippen LogP) is 2.51. The van der Waals surface area contributed by atoms with Crippen LogP contribution >= 0.6 is 23.2 Å². The molecule has 0 saturated heterocycles. The Balaban J connectivity index is 2.26. The molecule has 0 aliphatic heterocycles. The van der Waals surface area contributed by atoms with Crippen LogP contribution in [0.1, 0.15) is 15.9 Å². The van der Waals surface area contributed by atoms with Crippen molar-refractivity contribution in [2.75, 3.05) is 0 Å². The summed E-state index contributed by atoms with van der Waals surface area (Å²) in [5.74, 6) is -2.13. The molecule has 0 aromatic heterocycles. The smallest absolute Gasteiger partial charge is 0.257 e. The van der Waals surface area contributed by atoms with Crippen LogP contribution in [0.4, 0.5) is 0 Å². The molecule has 6 heteroatoms. The fourth-order valence-electron chi connectivity index (χ4n) is 1.71. The van der Waals surface area contributed by atoms with Crippen molar-refractivity contribution >= 4 is 41.2 Å². The van der Waals surface area contributed by atoms with Crippen LogP contribution in [0.15, 0.2) is 54.2 Å². The number of hydrogen-bond donors (Lipinski definition) is 1. The number of carboxylic acid groups (broad SMARTS) is 1. The van der Waals surface area contributed by atoms with Gasteiger partial charge < -0.3 is 15.2 Å². The van der Waals surface area contributed by atoms with E-state index in [0.29, 0.717) is 10.6 Å². The van der Waals surface area contributed by atoms with Gasteiger partial charge >= 0.3 is 0 Å². The van der Waals surface area contributed by atoms with Crippen molar-refractivity contribution in [1.29, 1.82) is 0 Å². The van der Waals surface area contributed by atoms with Crippen LogP contribution in [0.2, 0.25) is 10.0 Å². The van der Waals surface area contributed by atoms with Crippen LogP contribution in [-0.2, 0) is 4.79 Å². The Morgan fingerprint density at radius 2 is 1.64 bits per heavy atom. The molecular formula is C16H10Cl2NO3-. The number of hydrogen-bond acceptors (Lipinski definition) is 3. The van der Waals surface area contributed by atoms with Crippen molar-refractivity contribution in [2.45, 2.75) is 0 Å². The van der Waals surface area contributed by atoms with Crippen molar-refractivity contribution in [2.24, 2.45) is 0 Å². The van der Waals surface area contributed by atoms with Crippen molar-refractivity contribution < 1.29 is 14.7 Å². The summed E-state index contributed by atoms with van der Waals surface area (Å²) in [6, 6.07) is 12.8. The minimum atomic E-state index is -1.50. The average molecular weight is 335 g/mol. The SMILES string of the molecule is O=C([O-])/C(=C\c1ccc(Cl)cc1)NC(=O)c1ccccc1Cl. The quantitative estimate of drug-likeness (QED) is 0.873. The molecule has 0 bridgehead atoms. The molecule has 0 radical (unpaired) electrons. The molecule has 2 aromatic rings. The van der Waals surface area contributed by atoms with Crippen LogP contribution in [0, 0.1) is 0 Å². The summed E-state index contributed by atoms with van der Waals surface area (Å²) >= 11 is 11.7. The van der Waals surface area contributed by atoms with Crippen molar-refractivity contribution in [1.82, 2.24) is 5.32 Å². The molecule has 1 N–H and O–H groups in total. The van der Waals surface area contributed by atoms with E-state index in [9.17, 15) is 14.7 Å². The Morgan fingerprint density at radius 1 is 1.00 bits per heavy atom. The third-order valence-corrected chi connectivity index (χ3v) is 3.35. The number of carbonyl (C=O) groups is 2. The van der Waals surface area contributed by atoms with Crippen molar-refractivity contribution in [3.8, 4) is 0 Å². The number of aliphatic carboxylic acids is 1. The maximum absolute atomic E-state index is 12.1. The molecule has 22 heavy (non-hydrogen) atoms. The van der Waals surface area contributed by atoms with E-state index in [2.05, 4.69) is 5.32 Å². The van der Waals surface area contributed by atoms with Gasteiger partial charge in [0.25, 0.3) is 5.91 Å². The summed E-state index contributed by atoms with van der Waals surface area (Å²) in [4.78, 5) is 23.2. The van der Waals surface area contributed by atoms with Gasteiger partial charge in [-0.25, -0.2) is 0 Å². The van der Waals surface area contributed by atoms with E-state index in [1.807, 2.05) is 0 Å². The highest BCUT2D eigenvalue weighted by Gasteiger charge is 2.11. The van der Waals surface area contributed by atoms with Gasteiger partial charge in [0.05, 0.1) is 22.3 Å². The third kappa shape index (κ3) is 4.10. The number of rotatable bonds is 4. The predicted molar refractivity (Wildman–Crippen MR) is 83.4 cm³/mol. The molecule has 2 rings (SSSR count). The second kappa shape index (κ2) is 7.11. The number of benzene rings is 2. The Kier molecular flexibility index (Phi) is 5.20. The normalized spacial score (nSPS) is 11.1. The van der Waals surface area contributed by atoms with Gasteiger partial charge in [-0.15, -0.1) is 0 Å². The molecule has 2 aromatic carbocycles. The maximum Gasteiger partial charge on any atom is 0.257 e. The molecule has 0 fully saturated rings. The Labute approximate surface area is 137 Å². The molecule has 4 nitrogen and oxygen atoms in total. The molecular weight excluding hydrogens is 325 g/mol. The molecule has 112 valence electrons. The second-order valence-corrected chi connectivity index (χ2v) is 5.17. The summed E-state index contributed by atoms with van der Waals surface area (Å²) in [6.45, 7) is 0. The number of amides is 1. The summed E-state index contributed by atoms with van der Waals surface area (Å²) in [7, 11) is 0. The van der Waals surface area contributed by atoms with Gasteiger partial charge in [-0.05, 0) is 35.9 Å². The fraction of sp³-hybridized carbons (Fsp3) is 0. The van der Waals surface area contributed by atoms with Gasteiger partial charge in [-0.3, -0.25) is 4.79 Å². The lowest BCUT2D eigenvalue weighted by atomic mass is 10.1. The molecule has 0 aliphatic carbocycles. The first kappa shape index (κ1) is 16.1. The standard InChI is InChI=1S/C16H11Cl2NO3/c17-11-7-5-10(6-8-11)9-14(16(21)22)19-15(20)12-3-1-2-4-13(12)18/h1-9H,(H,19,20)(H,21,22)/p-1/b14-9+. The maximum atomic E-state index is 12.1. The van der Waals surface area contributed by atoms with Crippen molar-refractivity contribution in [3.05, 3.63) is 75.4 Å². The van der Waals surface area contributed by atoms with E-state index in [0.717, 1.165) is 0 Å². The van der Waals surface area contributed by atoms with E-state index < -0.39 is 11.9 Å². The number of carboxylic acids is 1. The lowest BCUT2D eigenvalue weighted by Crippen LogP contribution is -2.35. The van der Waals surface area contributed by atoms with E-state index in [-0.39, 0.29) is 16.3 Å². The number of nitrogens with one attached hydrogen (secondary N) is 1.